The number of azo groups is 1. The Morgan fingerprint density at radius 1 is 0.607 bits per heavy atom. The topological polar surface area (TPSA) is 50.7 Å². The Morgan fingerprint density at radius 3 is 2.14 bits per heavy atom. The van der Waals surface area contributed by atoms with Crippen molar-refractivity contribution in [3.05, 3.63) is 84.4 Å². The maximum Gasteiger partial charge on any atom is 0.0967 e. The highest BCUT2D eigenvalue weighted by Crippen LogP contribution is 2.34. The molecule has 0 aliphatic carbocycles. The van der Waals surface area contributed by atoms with Crippen LogP contribution < -0.4 is 5.73 Å². The van der Waals surface area contributed by atoms with E-state index < -0.39 is 0 Å². The Bertz CT molecular complexity index is 1110. The summed E-state index contributed by atoms with van der Waals surface area (Å²) in [6.07, 6.45) is 4.32. The van der Waals surface area contributed by atoms with Crippen LogP contribution in [0.25, 0.3) is 21.5 Å². The van der Waals surface area contributed by atoms with Gasteiger partial charge in [0.05, 0.1) is 11.4 Å². The second-order valence-corrected chi connectivity index (χ2v) is 7.09. The number of nitrogens with two attached hydrogens (primary N) is 1. The molecule has 0 heterocycles. The highest BCUT2D eigenvalue weighted by atomic mass is 15.1. The maximum absolute atomic E-state index is 5.64. The molecule has 0 bridgehead atoms. The molecule has 2 N–H and O–H groups in total. The first kappa shape index (κ1) is 18.3. The fourth-order valence-corrected chi connectivity index (χ4v) is 3.66. The van der Waals surface area contributed by atoms with Gasteiger partial charge in [0.2, 0.25) is 0 Å². The average molecular weight is 367 g/mol. The zero-order chi connectivity index (χ0) is 19.2. The molecule has 4 aromatic rings. The number of hydrogen-bond donors (Lipinski definition) is 1. The molecule has 3 heteroatoms. The molecule has 140 valence electrons. The summed E-state index contributed by atoms with van der Waals surface area (Å²) in [6, 6.07) is 27.2. The second kappa shape index (κ2) is 8.77. The summed E-state index contributed by atoms with van der Waals surface area (Å²) >= 11 is 0. The second-order valence-electron chi connectivity index (χ2n) is 7.09. The molecule has 0 amide bonds. The van der Waals surface area contributed by atoms with Gasteiger partial charge in [-0.25, -0.2) is 0 Å². The highest BCUT2D eigenvalue weighted by molar-refractivity contribution is 5.95. The monoisotopic (exact) mass is 367 g/mol. The smallest absolute Gasteiger partial charge is 0.0967 e. The van der Waals surface area contributed by atoms with E-state index in [0.29, 0.717) is 0 Å². The van der Waals surface area contributed by atoms with Gasteiger partial charge in [0.1, 0.15) is 0 Å². The van der Waals surface area contributed by atoms with E-state index in [2.05, 4.69) is 59.7 Å². The van der Waals surface area contributed by atoms with Crippen LogP contribution in [0.15, 0.2) is 89.1 Å². The van der Waals surface area contributed by atoms with E-state index in [1.165, 1.54) is 16.3 Å². The van der Waals surface area contributed by atoms with Gasteiger partial charge in [0, 0.05) is 10.8 Å². The van der Waals surface area contributed by atoms with Crippen molar-refractivity contribution in [3.8, 4) is 0 Å². The lowest BCUT2D eigenvalue weighted by Crippen LogP contribution is -1.98. The summed E-state index contributed by atoms with van der Waals surface area (Å²) in [6.45, 7) is 0.755. The number of unbranched alkanes of at least 4 members (excludes halogenated alkanes) is 2. The van der Waals surface area contributed by atoms with Gasteiger partial charge >= 0.3 is 0 Å². The maximum atomic E-state index is 5.64. The van der Waals surface area contributed by atoms with Gasteiger partial charge in [-0.3, -0.25) is 0 Å². The van der Waals surface area contributed by atoms with Crippen molar-refractivity contribution in [2.45, 2.75) is 25.7 Å². The van der Waals surface area contributed by atoms with Crippen LogP contribution in [0.1, 0.15) is 24.8 Å². The van der Waals surface area contributed by atoms with Crippen LogP contribution in [0.2, 0.25) is 0 Å². The lowest BCUT2D eigenvalue weighted by Gasteiger charge is -2.09. The van der Waals surface area contributed by atoms with Crippen molar-refractivity contribution in [2.24, 2.45) is 16.0 Å². The standard InChI is InChI=1S/C25H25N3/c26-18-7-1-2-11-21-17-16-20-10-4-6-14-23(20)25(21)28-27-24-15-8-12-19-9-3-5-13-22(19)24/h3-6,8-10,12-17H,1-2,7,11,18,26H2. The van der Waals surface area contributed by atoms with Crippen LogP contribution >= 0.6 is 0 Å². The first-order valence-electron chi connectivity index (χ1n) is 9.97. The van der Waals surface area contributed by atoms with Gasteiger partial charge in [-0.15, -0.1) is 10.2 Å². The highest BCUT2D eigenvalue weighted by Gasteiger charge is 2.08. The fourth-order valence-electron chi connectivity index (χ4n) is 3.66. The molecule has 28 heavy (non-hydrogen) atoms. The molecule has 0 radical (unpaired) electrons. The molecule has 4 rings (SSSR count). The fraction of sp³-hybridized carbons (Fsp3) is 0.200. The Balaban J connectivity index is 1.74. The predicted octanol–water partition coefficient (Wildman–Crippen LogP) is 7.08. The Labute approximate surface area is 165 Å². The minimum Gasteiger partial charge on any atom is -0.330 e. The van der Waals surface area contributed by atoms with Crippen LogP contribution in [-0.4, -0.2) is 6.54 Å². The lowest BCUT2D eigenvalue weighted by molar-refractivity contribution is 0.687. The number of nitrogens with zero attached hydrogens (tertiary/aromatic N) is 2. The van der Waals surface area contributed by atoms with Gasteiger partial charge < -0.3 is 5.73 Å². The summed E-state index contributed by atoms with van der Waals surface area (Å²) < 4.78 is 0. The van der Waals surface area contributed by atoms with E-state index in [-0.39, 0.29) is 0 Å². The zero-order valence-electron chi connectivity index (χ0n) is 16.0. The molecular formula is C25H25N3. The van der Waals surface area contributed by atoms with Crippen LogP contribution in [-0.2, 0) is 6.42 Å². The number of rotatable bonds is 7. The molecule has 0 aromatic heterocycles. The summed E-state index contributed by atoms with van der Waals surface area (Å²) in [5.74, 6) is 0. The molecule has 3 nitrogen and oxygen atoms in total. The largest absolute Gasteiger partial charge is 0.330 e. The van der Waals surface area contributed by atoms with Crippen molar-refractivity contribution in [2.75, 3.05) is 6.54 Å². The number of hydrogen-bond acceptors (Lipinski definition) is 3. The van der Waals surface area contributed by atoms with Crippen LogP contribution in [0.4, 0.5) is 11.4 Å². The van der Waals surface area contributed by atoms with Gasteiger partial charge in [-0.1, -0.05) is 79.2 Å². The first-order valence-corrected chi connectivity index (χ1v) is 9.97. The molecule has 0 aliphatic heterocycles. The van der Waals surface area contributed by atoms with Gasteiger partial charge in [0.15, 0.2) is 0 Å². The normalized spacial score (nSPS) is 11.6. The molecule has 0 spiro atoms. The van der Waals surface area contributed by atoms with Crippen molar-refractivity contribution in [1.29, 1.82) is 0 Å². The third-order valence-electron chi connectivity index (χ3n) is 5.16. The Hall–Kier alpha value is -3.04. The summed E-state index contributed by atoms with van der Waals surface area (Å²) in [5.41, 5.74) is 8.77. The summed E-state index contributed by atoms with van der Waals surface area (Å²) in [5, 5.41) is 14.1. The van der Waals surface area contributed by atoms with Crippen LogP contribution in [0, 0.1) is 0 Å². The molecule has 0 unspecified atom stereocenters. The molecular weight excluding hydrogens is 342 g/mol. The predicted molar refractivity (Wildman–Crippen MR) is 119 cm³/mol. The van der Waals surface area contributed by atoms with E-state index in [1.807, 2.05) is 24.3 Å². The van der Waals surface area contributed by atoms with Crippen LogP contribution in [0.5, 0.6) is 0 Å². The molecule has 0 atom stereocenters. The Kier molecular flexibility index (Phi) is 5.74. The van der Waals surface area contributed by atoms with E-state index in [9.17, 15) is 0 Å². The van der Waals surface area contributed by atoms with E-state index >= 15 is 0 Å². The summed E-state index contributed by atoms with van der Waals surface area (Å²) in [7, 11) is 0. The minimum atomic E-state index is 0.755. The number of aryl methyl sites for hydroxylation is 1. The third-order valence-corrected chi connectivity index (χ3v) is 5.16. The van der Waals surface area contributed by atoms with Crippen molar-refractivity contribution >= 4 is 32.9 Å². The van der Waals surface area contributed by atoms with E-state index in [1.54, 1.807) is 0 Å². The summed E-state index contributed by atoms with van der Waals surface area (Å²) in [4.78, 5) is 0. The lowest BCUT2D eigenvalue weighted by atomic mass is 10.00. The number of benzene rings is 4. The number of fused-ring (bicyclic) bond motifs is 2. The Morgan fingerprint density at radius 2 is 1.32 bits per heavy atom. The van der Waals surface area contributed by atoms with Crippen molar-refractivity contribution in [3.63, 3.8) is 0 Å². The third kappa shape index (κ3) is 3.95. The molecule has 0 saturated heterocycles. The van der Waals surface area contributed by atoms with Crippen LogP contribution in [0.3, 0.4) is 0 Å². The first-order chi connectivity index (χ1) is 13.9. The van der Waals surface area contributed by atoms with E-state index in [4.69, 9.17) is 10.8 Å². The van der Waals surface area contributed by atoms with Crippen molar-refractivity contribution in [1.82, 2.24) is 0 Å². The average Bonchev–Trinajstić information content (AvgIpc) is 2.75. The van der Waals surface area contributed by atoms with Gasteiger partial charge in [-0.2, -0.15) is 0 Å². The molecule has 0 fully saturated rings. The van der Waals surface area contributed by atoms with Gasteiger partial charge in [-0.05, 0) is 48.2 Å². The molecule has 0 aliphatic rings. The van der Waals surface area contributed by atoms with Gasteiger partial charge in [0.25, 0.3) is 0 Å². The van der Waals surface area contributed by atoms with Crippen molar-refractivity contribution < 1.29 is 0 Å². The SMILES string of the molecule is NCCCCCc1ccc2ccccc2c1N=Nc1cccc2ccccc12. The quantitative estimate of drug-likeness (QED) is 0.275. The zero-order valence-corrected chi connectivity index (χ0v) is 16.0. The van der Waals surface area contributed by atoms with E-state index in [0.717, 1.165) is 54.4 Å². The minimum absolute atomic E-state index is 0.755. The molecule has 4 aromatic carbocycles. The molecule has 0 saturated carbocycles.